The van der Waals surface area contributed by atoms with E-state index >= 15 is 0 Å². The van der Waals surface area contributed by atoms with E-state index in [1.165, 1.54) is 11.3 Å². The molecule has 27 heavy (non-hydrogen) atoms. The lowest BCUT2D eigenvalue weighted by Crippen LogP contribution is -2.28. The van der Waals surface area contributed by atoms with Gasteiger partial charge in [-0.1, -0.05) is 11.3 Å². The zero-order valence-electron chi connectivity index (χ0n) is 15.1. The highest BCUT2D eigenvalue weighted by Crippen LogP contribution is 2.30. The van der Waals surface area contributed by atoms with Crippen molar-refractivity contribution in [2.75, 3.05) is 11.9 Å². The van der Waals surface area contributed by atoms with Crippen LogP contribution < -0.4 is 5.32 Å². The van der Waals surface area contributed by atoms with E-state index in [2.05, 4.69) is 25.5 Å². The van der Waals surface area contributed by atoms with E-state index in [-0.39, 0.29) is 18.4 Å². The second kappa shape index (κ2) is 7.66. The van der Waals surface area contributed by atoms with Crippen LogP contribution in [0.5, 0.6) is 0 Å². The van der Waals surface area contributed by atoms with E-state index in [1.807, 2.05) is 19.1 Å². The number of hydrogen-bond acceptors (Lipinski definition) is 7. The van der Waals surface area contributed by atoms with Crippen LogP contribution in [0.2, 0.25) is 0 Å². The van der Waals surface area contributed by atoms with Crippen molar-refractivity contribution >= 4 is 33.8 Å². The summed E-state index contributed by atoms with van der Waals surface area (Å²) in [4.78, 5) is 21.3. The normalized spacial score (nSPS) is 19.9. The molecule has 4 rings (SSSR count). The Morgan fingerprint density at radius 2 is 1.93 bits per heavy atom. The summed E-state index contributed by atoms with van der Waals surface area (Å²) in [5.74, 6) is 0.875. The molecule has 0 bridgehead atoms. The van der Waals surface area contributed by atoms with Gasteiger partial charge in [0.1, 0.15) is 16.5 Å². The molecule has 0 aromatic carbocycles. The van der Waals surface area contributed by atoms with Crippen molar-refractivity contribution in [2.24, 2.45) is 11.8 Å². The molecule has 1 fully saturated rings. The number of fused-ring (bicyclic) bond motifs is 1. The highest BCUT2D eigenvalue weighted by molar-refractivity contribution is 7.14. The molecule has 1 aliphatic rings. The molecule has 140 valence electrons. The Morgan fingerprint density at radius 1 is 1.15 bits per heavy atom. The molecule has 1 amide bonds. The second-order valence-corrected chi connectivity index (χ2v) is 8.18. The van der Waals surface area contributed by atoms with Gasteiger partial charge in [0.2, 0.25) is 5.91 Å². The van der Waals surface area contributed by atoms with Crippen LogP contribution in [-0.4, -0.2) is 37.8 Å². The average molecular weight is 383 g/mol. The molecule has 0 radical (unpaired) electrons. The summed E-state index contributed by atoms with van der Waals surface area (Å²) < 4.78 is 0. The Hall–Kier alpha value is -2.45. The van der Waals surface area contributed by atoms with E-state index in [4.69, 9.17) is 0 Å². The monoisotopic (exact) mass is 383 g/mol. The minimum atomic E-state index is -0.0114. The van der Waals surface area contributed by atoms with Gasteiger partial charge < -0.3 is 10.4 Å². The largest absolute Gasteiger partial charge is 0.396 e. The van der Waals surface area contributed by atoms with Gasteiger partial charge in [-0.25, -0.2) is 4.98 Å². The predicted molar refractivity (Wildman–Crippen MR) is 104 cm³/mol. The lowest BCUT2D eigenvalue weighted by atomic mass is 9.82. The van der Waals surface area contributed by atoms with Crippen molar-refractivity contribution in [2.45, 2.75) is 32.6 Å². The first-order valence-electron chi connectivity index (χ1n) is 9.10. The molecule has 1 aliphatic carbocycles. The fourth-order valence-electron chi connectivity index (χ4n) is 3.46. The van der Waals surface area contributed by atoms with Gasteiger partial charge in [0, 0.05) is 30.3 Å². The zero-order valence-corrected chi connectivity index (χ0v) is 15.9. The van der Waals surface area contributed by atoms with Gasteiger partial charge in [0.05, 0.1) is 0 Å². The summed E-state index contributed by atoms with van der Waals surface area (Å²) >= 11 is 1.50. The van der Waals surface area contributed by atoms with Crippen LogP contribution in [-0.2, 0) is 4.79 Å². The molecule has 0 spiro atoms. The Kier molecular flexibility index (Phi) is 5.09. The van der Waals surface area contributed by atoms with Gasteiger partial charge in [-0.2, -0.15) is 0 Å². The van der Waals surface area contributed by atoms with Gasteiger partial charge in [0.15, 0.2) is 5.01 Å². The van der Waals surface area contributed by atoms with Crippen LogP contribution in [0.1, 0.15) is 30.7 Å². The topological polar surface area (TPSA) is 101 Å². The van der Waals surface area contributed by atoms with Crippen molar-refractivity contribution in [1.82, 2.24) is 20.2 Å². The molecular weight excluding hydrogens is 362 g/mol. The summed E-state index contributed by atoms with van der Waals surface area (Å²) in [6, 6.07) is 3.81. The van der Waals surface area contributed by atoms with E-state index in [0.29, 0.717) is 11.7 Å². The van der Waals surface area contributed by atoms with E-state index in [1.54, 1.807) is 12.4 Å². The standard InChI is InChI=1S/C19H21N5O2S/c1-11-23-24-19(27-11)16-6-14-7-17(21-9-15(14)8-20-16)22-18(26)13-4-2-12(10-25)3-5-13/h6-9,12-13,25H,2-5,10H2,1H3,(H,21,22,26)/t12-,13-. The molecule has 0 unspecified atom stereocenters. The van der Waals surface area contributed by atoms with E-state index in [0.717, 1.165) is 52.2 Å². The van der Waals surface area contributed by atoms with E-state index < -0.39 is 0 Å². The maximum Gasteiger partial charge on any atom is 0.228 e. The summed E-state index contributed by atoms with van der Waals surface area (Å²) in [6.45, 7) is 2.12. The Labute approximate surface area is 160 Å². The molecule has 3 aromatic heterocycles. The first-order chi connectivity index (χ1) is 13.1. The van der Waals surface area contributed by atoms with Crippen molar-refractivity contribution in [1.29, 1.82) is 0 Å². The maximum atomic E-state index is 12.5. The van der Waals surface area contributed by atoms with Crippen molar-refractivity contribution in [3.05, 3.63) is 29.5 Å². The number of carbonyl (C=O) groups is 1. The number of aliphatic hydroxyl groups is 1. The molecule has 0 saturated heterocycles. The van der Waals surface area contributed by atoms with Crippen LogP contribution in [0.4, 0.5) is 5.82 Å². The first kappa shape index (κ1) is 17.9. The Balaban J connectivity index is 1.51. The quantitative estimate of drug-likeness (QED) is 0.717. The first-order valence-corrected chi connectivity index (χ1v) is 9.92. The minimum absolute atomic E-state index is 0.00673. The second-order valence-electron chi connectivity index (χ2n) is 7.00. The number of nitrogens with one attached hydrogen (secondary N) is 1. The lowest BCUT2D eigenvalue weighted by molar-refractivity contribution is -0.121. The maximum absolute atomic E-state index is 12.5. The molecule has 0 atom stereocenters. The summed E-state index contributed by atoms with van der Waals surface area (Å²) in [6.07, 6.45) is 6.90. The molecular formula is C19H21N5O2S. The summed E-state index contributed by atoms with van der Waals surface area (Å²) in [5, 5.41) is 23.9. The van der Waals surface area contributed by atoms with Crippen LogP contribution >= 0.6 is 11.3 Å². The van der Waals surface area contributed by atoms with Crippen LogP contribution in [0, 0.1) is 18.8 Å². The van der Waals surface area contributed by atoms with Crippen molar-refractivity contribution in [3.63, 3.8) is 0 Å². The third-order valence-electron chi connectivity index (χ3n) is 5.08. The number of rotatable bonds is 4. The van der Waals surface area contributed by atoms with E-state index in [9.17, 15) is 9.90 Å². The van der Waals surface area contributed by atoms with Crippen LogP contribution in [0.25, 0.3) is 21.5 Å². The number of pyridine rings is 2. The number of aryl methyl sites for hydroxylation is 1. The average Bonchev–Trinajstić information content (AvgIpc) is 3.14. The van der Waals surface area contributed by atoms with Gasteiger partial charge >= 0.3 is 0 Å². The highest BCUT2D eigenvalue weighted by Gasteiger charge is 2.26. The number of amides is 1. The summed E-state index contributed by atoms with van der Waals surface area (Å²) in [5.41, 5.74) is 0.763. The molecule has 3 heterocycles. The third-order valence-corrected chi connectivity index (χ3v) is 5.94. The van der Waals surface area contributed by atoms with Gasteiger partial charge in [0.25, 0.3) is 0 Å². The van der Waals surface area contributed by atoms with Crippen molar-refractivity contribution < 1.29 is 9.90 Å². The van der Waals surface area contributed by atoms with Gasteiger partial charge in [-0.05, 0) is 56.0 Å². The zero-order chi connectivity index (χ0) is 18.8. The fraction of sp³-hybridized carbons (Fsp3) is 0.421. The number of aliphatic hydroxyl groups excluding tert-OH is 1. The molecule has 7 nitrogen and oxygen atoms in total. The Morgan fingerprint density at radius 3 is 2.63 bits per heavy atom. The highest BCUT2D eigenvalue weighted by atomic mass is 32.1. The number of carbonyl (C=O) groups excluding carboxylic acids is 1. The van der Waals surface area contributed by atoms with Crippen molar-refractivity contribution in [3.8, 4) is 10.7 Å². The molecule has 0 aliphatic heterocycles. The number of anilines is 1. The minimum Gasteiger partial charge on any atom is -0.396 e. The fourth-order valence-corrected chi connectivity index (χ4v) is 4.12. The van der Waals surface area contributed by atoms with Gasteiger partial charge in [-0.15, -0.1) is 10.2 Å². The van der Waals surface area contributed by atoms with Gasteiger partial charge in [-0.3, -0.25) is 9.78 Å². The molecule has 8 heteroatoms. The Bertz CT molecular complexity index is 966. The molecule has 2 N–H and O–H groups in total. The lowest BCUT2D eigenvalue weighted by Gasteiger charge is -2.26. The predicted octanol–water partition coefficient (Wildman–Crippen LogP) is 3.19. The smallest absolute Gasteiger partial charge is 0.228 e. The number of nitrogens with zero attached hydrogens (tertiary/aromatic N) is 4. The molecule has 1 saturated carbocycles. The SMILES string of the molecule is Cc1nnc(-c2cc3cc(NC(=O)[C@H]4CC[C@H](CO)CC4)ncc3cn2)s1. The van der Waals surface area contributed by atoms with Crippen LogP contribution in [0.15, 0.2) is 24.5 Å². The number of hydrogen-bond donors (Lipinski definition) is 2. The third kappa shape index (κ3) is 3.96. The number of aromatic nitrogens is 4. The summed E-state index contributed by atoms with van der Waals surface area (Å²) in [7, 11) is 0. The molecule has 3 aromatic rings. The van der Waals surface area contributed by atoms with Crippen LogP contribution in [0.3, 0.4) is 0 Å².